The van der Waals surface area contributed by atoms with E-state index in [-0.39, 0.29) is 5.91 Å². The molecule has 0 spiro atoms. The Morgan fingerprint density at radius 3 is 2.39 bits per heavy atom. The Morgan fingerprint density at radius 2 is 1.74 bits per heavy atom. The second-order valence-corrected chi connectivity index (χ2v) is 5.38. The van der Waals surface area contributed by atoms with Gasteiger partial charge >= 0.3 is 0 Å². The zero-order valence-corrected chi connectivity index (χ0v) is 13.3. The molecule has 23 heavy (non-hydrogen) atoms. The van der Waals surface area contributed by atoms with E-state index in [1.165, 1.54) is 0 Å². The Balaban J connectivity index is 1.96. The minimum Gasteiger partial charge on any atom is -0.493 e. The molecule has 0 atom stereocenters. The highest BCUT2D eigenvalue weighted by atomic mass is 16.5. The molecule has 0 bridgehead atoms. The molecule has 0 aliphatic carbocycles. The van der Waals surface area contributed by atoms with E-state index >= 15 is 0 Å². The monoisotopic (exact) mass is 309 g/mol. The summed E-state index contributed by atoms with van der Waals surface area (Å²) in [6.45, 7) is 4.73. The van der Waals surface area contributed by atoms with E-state index < -0.39 is 0 Å². The number of hydrogen-bond acceptors (Lipinski definition) is 3. The van der Waals surface area contributed by atoms with Gasteiger partial charge in [-0.2, -0.15) is 0 Å². The molecular formula is C19H19NO3. The molecule has 0 saturated carbocycles. The summed E-state index contributed by atoms with van der Waals surface area (Å²) in [7, 11) is 3.22. The molecule has 1 aliphatic rings. The van der Waals surface area contributed by atoms with Crippen molar-refractivity contribution in [3.63, 3.8) is 0 Å². The molecule has 0 unspecified atom stereocenters. The number of hydrogen-bond donors (Lipinski definition) is 0. The average Bonchev–Trinajstić information content (AvgIpc) is 2.61. The van der Waals surface area contributed by atoms with Crippen LogP contribution in [0.4, 0.5) is 0 Å². The number of carbonyl (C=O) groups is 1. The molecule has 2 aromatic rings. The first-order valence-corrected chi connectivity index (χ1v) is 7.46. The largest absolute Gasteiger partial charge is 0.493 e. The van der Waals surface area contributed by atoms with Crippen LogP contribution in [0.3, 0.4) is 0 Å². The van der Waals surface area contributed by atoms with Crippen LogP contribution in [0.2, 0.25) is 0 Å². The van der Waals surface area contributed by atoms with Gasteiger partial charge in [-0.25, -0.2) is 0 Å². The lowest BCUT2D eigenvalue weighted by Gasteiger charge is -2.31. The van der Waals surface area contributed by atoms with Crippen molar-refractivity contribution in [2.24, 2.45) is 0 Å². The van der Waals surface area contributed by atoms with E-state index in [2.05, 4.69) is 6.58 Å². The van der Waals surface area contributed by atoms with Crippen LogP contribution in [0, 0.1) is 0 Å². The van der Waals surface area contributed by atoms with Gasteiger partial charge in [-0.3, -0.25) is 4.79 Å². The van der Waals surface area contributed by atoms with Gasteiger partial charge < -0.3 is 14.4 Å². The molecule has 0 fully saturated rings. The van der Waals surface area contributed by atoms with E-state index in [1.807, 2.05) is 42.5 Å². The summed E-state index contributed by atoms with van der Waals surface area (Å²) in [6.07, 6.45) is 0.757. The zero-order valence-electron chi connectivity index (χ0n) is 13.3. The molecule has 0 N–H and O–H groups in total. The molecule has 4 nitrogen and oxygen atoms in total. The molecule has 118 valence electrons. The molecule has 0 radical (unpaired) electrons. The van der Waals surface area contributed by atoms with Crippen molar-refractivity contribution >= 4 is 11.6 Å². The average molecular weight is 309 g/mol. The number of amides is 1. The number of rotatable bonds is 3. The third-order valence-electron chi connectivity index (χ3n) is 4.12. The first-order valence-electron chi connectivity index (χ1n) is 7.46. The van der Waals surface area contributed by atoms with Crippen LogP contribution in [-0.2, 0) is 6.42 Å². The highest BCUT2D eigenvalue weighted by Crippen LogP contribution is 2.37. The fourth-order valence-corrected chi connectivity index (χ4v) is 2.87. The second-order valence-electron chi connectivity index (χ2n) is 5.38. The van der Waals surface area contributed by atoms with Crippen LogP contribution in [0.15, 0.2) is 49.0 Å². The highest BCUT2D eigenvalue weighted by molar-refractivity contribution is 6.00. The van der Waals surface area contributed by atoms with Gasteiger partial charge in [0.15, 0.2) is 11.5 Å². The normalized spacial score (nSPS) is 13.5. The minimum atomic E-state index is -0.0314. The number of carbonyl (C=O) groups excluding carboxylic acids is 1. The summed E-state index contributed by atoms with van der Waals surface area (Å²) in [5, 5.41) is 0. The van der Waals surface area contributed by atoms with Gasteiger partial charge in [-0.05, 0) is 36.2 Å². The Labute approximate surface area is 135 Å². The summed E-state index contributed by atoms with van der Waals surface area (Å²) in [5.74, 6) is 1.30. The molecule has 3 rings (SSSR count). The maximum absolute atomic E-state index is 12.7. The van der Waals surface area contributed by atoms with Gasteiger partial charge in [0, 0.05) is 23.4 Å². The summed E-state index contributed by atoms with van der Waals surface area (Å²) in [4.78, 5) is 14.4. The van der Waals surface area contributed by atoms with E-state index in [0.29, 0.717) is 29.3 Å². The van der Waals surface area contributed by atoms with E-state index in [0.717, 1.165) is 17.5 Å². The van der Waals surface area contributed by atoms with E-state index in [9.17, 15) is 4.79 Å². The molecule has 1 heterocycles. The first kappa shape index (κ1) is 15.2. The summed E-state index contributed by atoms with van der Waals surface area (Å²) >= 11 is 0. The van der Waals surface area contributed by atoms with E-state index in [4.69, 9.17) is 9.47 Å². The number of benzene rings is 2. The van der Waals surface area contributed by atoms with Gasteiger partial charge in [0.25, 0.3) is 5.91 Å². The summed E-state index contributed by atoms with van der Waals surface area (Å²) in [5.41, 5.74) is 3.40. The summed E-state index contributed by atoms with van der Waals surface area (Å²) < 4.78 is 10.7. The lowest BCUT2D eigenvalue weighted by atomic mass is 9.95. The fraction of sp³-hybridized carbons (Fsp3) is 0.211. The van der Waals surface area contributed by atoms with Crippen molar-refractivity contribution in [2.45, 2.75) is 6.42 Å². The van der Waals surface area contributed by atoms with Crippen molar-refractivity contribution in [2.75, 3.05) is 20.8 Å². The Hall–Kier alpha value is -2.75. The van der Waals surface area contributed by atoms with Crippen LogP contribution < -0.4 is 9.47 Å². The zero-order chi connectivity index (χ0) is 16.4. The second kappa shape index (κ2) is 6.16. The number of ether oxygens (including phenoxy) is 2. The lowest BCUT2D eigenvalue weighted by Crippen LogP contribution is -2.34. The molecule has 0 saturated heterocycles. The Bertz CT molecular complexity index is 753. The topological polar surface area (TPSA) is 38.8 Å². The van der Waals surface area contributed by atoms with Crippen molar-refractivity contribution in [3.05, 3.63) is 65.7 Å². The molecular weight excluding hydrogens is 290 g/mol. The number of fused-ring (bicyclic) bond motifs is 1. The molecule has 2 aromatic carbocycles. The maximum atomic E-state index is 12.7. The third-order valence-corrected chi connectivity index (χ3v) is 4.12. The van der Waals surface area contributed by atoms with Gasteiger partial charge in [-0.1, -0.05) is 24.8 Å². The minimum absolute atomic E-state index is 0.0314. The third kappa shape index (κ3) is 2.68. The lowest BCUT2D eigenvalue weighted by molar-refractivity contribution is 0.0833. The molecule has 4 heteroatoms. The van der Waals surface area contributed by atoms with Gasteiger partial charge in [0.1, 0.15) is 0 Å². The van der Waals surface area contributed by atoms with Crippen molar-refractivity contribution in [1.82, 2.24) is 4.90 Å². The van der Waals surface area contributed by atoms with Crippen LogP contribution >= 0.6 is 0 Å². The van der Waals surface area contributed by atoms with Crippen LogP contribution in [0.5, 0.6) is 11.5 Å². The predicted octanol–water partition coefficient (Wildman–Crippen LogP) is 3.37. The van der Waals surface area contributed by atoms with E-state index in [1.54, 1.807) is 19.1 Å². The van der Waals surface area contributed by atoms with Gasteiger partial charge in [-0.15, -0.1) is 0 Å². The van der Waals surface area contributed by atoms with Gasteiger partial charge in [0.05, 0.1) is 14.2 Å². The smallest absolute Gasteiger partial charge is 0.258 e. The van der Waals surface area contributed by atoms with Crippen LogP contribution in [0.1, 0.15) is 21.5 Å². The fourth-order valence-electron chi connectivity index (χ4n) is 2.87. The standard InChI is InChI=1S/C19H19NO3/c1-13-16-12-18(23-3)17(22-2)11-15(16)9-10-20(13)19(21)14-7-5-4-6-8-14/h4-8,11-12H,1,9-10H2,2-3H3. The molecule has 0 aromatic heterocycles. The highest BCUT2D eigenvalue weighted by Gasteiger charge is 2.26. The molecule has 1 amide bonds. The van der Waals surface area contributed by atoms with Gasteiger partial charge in [0.2, 0.25) is 0 Å². The first-order chi connectivity index (χ1) is 11.2. The number of nitrogens with zero attached hydrogens (tertiary/aromatic N) is 1. The Kier molecular flexibility index (Phi) is 4.06. The predicted molar refractivity (Wildman–Crippen MR) is 89.8 cm³/mol. The van der Waals surface area contributed by atoms with Crippen molar-refractivity contribution < 1.29 is 14.3 Å². The number of methoxy groups -OCH3 is 2. The summed E-state index contributed by atoms with van der Waals surface area (Å²) in [6, 6.07) is 13.1. The SMILES string of the molecule is C=C1c2cc(OC)c(OC)cc2CCN1C(=O)c1ccccc1. The Morgan fingerprint density at radius 1 is 1.09 bits per heavy atom. The van der Waals surface area contributed by atoms with Crippen LogP contribution in [0.25, 0.3) is 5.70 Å². The van der Waals surface area contributed by atoms with Crippen molar-refractivity contribution in [1.29, 1.82) is 0 Å². The van der Waals surface area contributed by atoms with Crippen molar-refractivity contribution in [3.8, 4) is 11.5 Å². The maximum Gasteiger partial charge on any atom is 0.258 e. The van der Waals surface area contributed by atoms with Crippen LogP contribution in [-0.4, -0.2) is 31.6 Å². The molecule has 1 aliphatic heterocycles. The quantitative estimate of drug-likeness (QED) is 0.872.